The summed E-state index contributed by atoms with van der Waals surface area (Å²) in [6.07, 6.45) is 1.85. The Kier molecular flexibility index (Phi) is 3.16. The summed E-state index contributed by atoms with van der Waals surface area (Å²) in [5.41, 5.74) is 0.313. The van der Waals surface area contributed by atoms with Gasteiger partial charge in [-0.05, 0) is 12.1 Å². The monoisotopic (exact) mass is 238 g/mol. The van der Waals surface area contributed by atoms with Crippen LogP contribution in [0.4, 0.5) is 0 Å². The molecule has 82 valence electrons. The zero-order valence-corrected chi connectivity index (χ0v) is 8.85. The summed E-state index contributed by atoms with van der Waals surface area (Å²) in [5.74, 6) is 0.795. The lowest BCUT2D eigenvalue weighted by atomic mass is 10.2. The molecule has 2 aromatic rings. The minimum absolute atomic E-state index is 0.123. The van der Waals surface area contributed by atoms with Crippen LogP contribution in [0.1, 0.15) is 16.2 Å². The van der Waals surface area contributed by atoms with E-state index >= 15 is 0 Å². The molecule has 0 unspecified atom stereocenters. The number of carbonyl (C=O) groups is 1. The van der Waals surface area contributed by atoms with Gasteiger partial charge in [0, 0.05) is 0 Å². The molecular weight excluding hydrogens is 232 g/mol. The van der Waals surface area contributed by atoms with Gasteiger partial charge in [0.05, 0.1) is 10.6 Å². The average Bonchev–Trinajstić information content (AvgIpc) is 2.79. The van der Waals surface area contributed by atoms with Crippen molar-refractivity contribution in [1.29, 1.82) is 0 Å². The van der Waals surface area contributed by atoms with Crippen molar-refractivity contribution >= 4 is 17.9 Å². The second kappa shape index (κ2) is 4.76. The number of ether oxygens (including phenoxy) is 1. The minimum atomic E-state index is 0.123. The molecule has 1 aromatic carbocycles. The average molecular weight is 239 g/mol. The van der Waals surface area contributed by atoms with Crippen LogP contribution in [0.15, 0.2) is 29.1 Å². The Labute approximate surface area is 96.0 Å². The highest BCUT2D eigenvalue weighted by molar-refractivity contribution is 6.33. The van der Waals surface area contributed by atoms with E-state index in [1.165, 1.54) is 6.39 Å². The molecule has 0 amide bonds. The molecule has 0 fully saturated rings. The second-order valence-electron chi connectivity index (χ2n) is 2.91. The maximum atomic E-state index is 10.8. The van der Waals surface area contributed by atoms with Crippen molar-refractivity contribution in [3.05, 3.63) is 41.0 Å². The van der Waals surface area contributed by atoms with Crippen molar-refractivity contribution < 1.29 is 14.1 Å². The van der Waals surface area contributed by atoms with Crippen LogP contribution in [-0.4, -0.2) is 16.4 Å². The van der Waals surface area contributed by atoms with E-state index in [1.807, 2.05) is 0 Å². The molecule has 1 heterocycles. The van der Waals surface area contributed by atoms with E-state index in [0.29, 0.717) is 28.4 Å². The lowest BCUT2D eigenvalue weighted by Gasteiger charge is -2.06. The standard InChI is InChI=1S/C10H7ClN2O3/c11-8-2-1-3-9(7(8)4-14)15-5-10-12-6-16-13-10/h1-4,6H,5H2. The Morgan fingerprint density at radius 3 is 3.06 bits per heavy atom. The lowest BCUT2D eigenvalue weighted by Crippen LogP contribution is -2.00. The van der Waals surface area contributed by atoms with Crippen LogP contribution in [0.2, 0.25) is 5.02 Å². The Hall–Kier alpha value is -1.88. The maximum absolute atomic E-state index is 10.8. The highest BCUT2D eigenvalue weighted by Crippen LogP contribution is 2.24. The second-order valence-corrected chi connectivity index (χ2v) is 3.31. The molecule has 6 heteroatoms. The Balaban J connectivity index is 2.15. The highest BCUT2D eigenvalue weighted by atomic mass is 35.5. The van der Waals surface area contributed by atoms with Gasteiger partial charge in [-0.25, -0.2) is 0 Å². The number of halogens is 1. The molecule has 0 radical (unpaired) electrons. The van der Waals surface area contributed by atoms with Gasteiger partial charge in [0.25, 0.3) is 0 Å². The van der Waals surface area contributed by atoms with Crippen LogP contribution in [0.3, 0.4) is 0 Å². The molecule has 0 atom stereocenters. The number of hydrogen-bond donors (Lipinski definition) is 0. The first-order valence-electron chi connectivity index (χ1n) is 4.43. The highest BCUT2D eigenvalue weighted by Gasteiger charge is 2.08. The van der Waals surface area contributed by atoms with Crippen molar-refractivity contribution in [2.75, 3.05) is 0 Å². The molecule has 5 nitrogen and oxygen atoms in total. The molecule has 0 saturated heterocycles. The predicted molar refractivity (Wildman–Crippen MR) is 55.5 cm³/mol. The Morgan fingerprint density at radius 1 is 1.50 bits per heavy atom. The fraction of sp³-hybridized carbons (Fsp3) is 0.100. The molecule has 0 N–H and O–H groups in total. The van der Waals surface area contributed by atoms with Gasteiger partial charge in [0.1, 0.15) is 5.75 Å². The molecule has 0 aliphatic carbocycles. The summed E-state index contributed by atoms with van der Waals surface area (Å²) in [6, 6.07) is 4.96. The van der Waals surface area contributed by atoms with Crippen LogP contribution in [0.5, 0.6) is 5.75 Å². The number of nitrogens with zero attached hydrogens (tertiary/aromatic N) is 2. The van der Waals surface area contributed by atoms with Gasteiger partial charge in [-0.3, -0.25) is 4.79 Å². The Bertz CT molecular complexity index is 485. The van der Waals surface area contributed by atoms with Crippen LogP contribution < -0.4 is 4.74 Å². The Morgan fingerprint density at radius 2 is 2.38 bits per heavy atom. The largest absolute Gasteiger partial charge is 0.485 e. The van der Waals surface area contributed by atoms with Crippen LogP contribution in [0.25, 0.3) is 0 Å². The first kappa shape index (κ1) is 10.6. The van der Waals surface area contributed by atoms with Crippen molar-refractivity contribution in [1.82, 2.24) is 10.1 Å². The van der Waals surface area contributed by atoms with E-state index < -0.39 is 0 Å². The number of carbonyl (C=O) groups excluding carboxylic acids is 1. The van der Waals surface area contributed by atoms with Gasteiger partial charge >= 0.3 is 0 Å². The molecule has 0 saturated carbocycles. The van der Waals surface area contributed by atoms with Gasteiger partial charge in [0.15, 0.2) is 12.9 Å². The summed E-state index contributed by atoms with van der Waals surface area (Å²) in [6.45, 7) is 0.123. The summed E-state index contributed by atoms with van der Waals surface area (Å²) in [4.78, 5) is 14.6. The molecule has 16 heavy (non-hydrogen) atoms. The van der Waals surface area contributed by atoms with Gasteiger partial charge in [-0.1, -0.05) is 22.8 Å². The zero-order chi connectivity index (χ0) is 11.4. The zero-order valence-electron chi connectivity index (χ0n) is 8.09. The fourth-order valence-corrected chi connectivity index (χ4v) is 1.37. The van der Waals surface area contributed by atoms with Crippen LogP contribution in [-0.2, 0) is 6.61 Å². The number of aldehydes is 1. The van der Waals surface area contributed by atoms with Gasteiger partial charge < -0.3 is 9.26 Å². The topological polar surface area (TPSA) is 65.2 Å². The number of rotatable bonds is 4. The SMILES string of the molecule is O=Cc1c(Cl)cccc1OCc1ncon1. The van der Waals surface area contributed by atoms with Gasteiger partial charge in [-0.15, -0.1) is 0 Å². The molecule has 2 rings (SSSR count). The number of benzene rings is 1. The summed E-state index contributed by atoms with van der Waals surface area (Å²) < 4.78 is 9.90. The molecule has 0 spiro atoms. The number of aromatic nitrogens is 2. The van der Waals surface area contributed by atoms with E-state index in [-0.39, 0.29) is 6.61 Å². The van der Waals surface area contributed by atoms with Gasteiger partial charge in [0.2, 0.25) is 12.2 Å². The van der Waals surface area contributed by atoms with Gasteiger partial charge in [-0.2, -0.15) is 4.98 Å². The van der Waals surface area contributed by atoms with E-state index in [0.717, 1.165) is 0 Å². The van der Waals surface area contributed by atoms with Crippen molar-refractivity contribution in [2.24, 2.45) is 0 Å². The third-order valence-electron chi connectivity index (χ3n) is 1.89. The minimum Gasteiger partial charge on any atom is -0.485 e. The molecule has 0 bridgehead atoms. The molecule has 1 aromatic heterocycles. The predicted octanol–water partition coefficient (Wildman–Crippen LogP) is 2.11. The van der Waals surface area contributed by atoms with E-state index in [2.05, 4.69) is 14.7 Å². The van der Waals surface area contributed by atoms with Crippen LogP contribution >= 0.6 is 11.6 Å². The third-order valence-corrected chi connectivity index (χ3v) is 2.22. The number of hydrogen-bond acceptors (Lipinski definition) is 5. The first-order valence-corrected chi connectivity index (χ1v) is 4.81. The smallest absolute Gasteiger partial charge is 0.213 e. The summed E-state index contributed by atoms with van der Waals surface area (Å²) in [5, 5.41) is 3.92. The van der Waals surface area contributed by atoms with Crippen molar-refractivity contribution in [3.63, 3.8) is 0 Å². The van der Waals surface area contributed by atoms with Crippen molar-refractivity contribution in [2.45, 2.75) is 6.61 Å². The molecular formula is C10H7ClN2O3. The fourth-order valence-electron chi connectivity index (χ4n) is 1.16. The first-order chi connectivity index (χ1) is 7.81. The van der Waals surface area contributed by atoms with E-state index in [4.69, 9.17) is 16.3 Å². The lowest BCUT2D eigenvalue weighted by molar-refractivity contribution is 0.111. The quantitative estimate of drug-likeness (QED) is 0.764. The summed E-state index contributed by atoms with van der Waals surface area (Å²) >= 11 is 5.83. The van der Waals surface area contributed by atoms with E-state index in [9.17, 15) is 4.79 Å². The summed E-state index contributed by atoms with van der Waals surface area (Å²) in [7, 11) is 0. The van der Waals surface area contributed by atoms with Crippen LogP contribution in [0, 0.1) is 0 Å². The molecule has 0 aliphatic heterocycles. The van der Waals surface area contributed by atoms with Crippen molar-refractivity contribution in [3.8, 4) is 5.75 Å². The third kappa shape index (κ3) is 2.20. The molecule has 0 aliphatic rings. The normalized spacial score (nSPS) is 10.1. The maximum Gasteiger partial charge on any atom is 0.213 e. The van der Waals surface area contributed by atoms with E-state index in [1.54, 1.807) is 18.2 Å².